The second-order valence-corrected chi connectivity index (χ2v) is 5.72. The summed E-state index contributed by atoms with van der Waals surface area (Å²) < 4.78 is 0. The number of carbonyl (C=O) groups is 1. The maximum Gasteiger partial charge on any atom is 0.238 e. The fourth-order valence-electron chi connectivity index (χ4n) is 2.20. The molecule has 1 saturated carbocycles. The molecule has 104 valence electrons. The van der Waals surface area contributed by atoms with Gasteiger partial charge in [0, 0.05) is 24.0 Å². The first-order chi connectivity index (χ1) is 9.04. The quantitative estimate of drug-likeness (QED) is 0.773. The highest BCUT2D eigenvalue weighted by molar-refractivity contribution is 5.92. The third-order valence-electron chi connectivity index (χ3n) is 3.20. The third kappa shape index (κ3) is 4.56. The molecule has 0 aromatic heterocycles. The van der Waals surface area contributed by atoms with E-state index in [0.29, 0.717) is 24.2 Å². The van der Waals surface area contributed by atoms with E-state index in [4.69, 9.17) is 5.73 Å². The van der Waals surface area contributed by atoms with Crippen LogP contribution in [0.25, 0.3) is 0 Å². The van der Waals surface area contributed by atoms with Crippen LogP contribution in [0.3, 0.4) is 0 Å². The molecule has 0 aliphatic heterocycles. The van der Waals surface area contributed by atoms with Crippen LogP contribution >= 0.6 is 0 Å². The average Bonchev–Trinajstić information content (AvgIpc) is 3.14. The smallest absolute Gasteiger partial charge is 0.238 e. The van der Waals surface area contributed by atoms with Gasteiger partial charge in [0.25, 0.3) is 0 Å². The van der Waals surface area contributed by atoms with Crippen molar-refractivity contribution in [2.24, 2.45) is 5.92 Å². The van der Waals surface area contributed by atoms with E-state index in [2.05, 4.69) is 24.1 Å². The molecule has 0 heterocycles. The van der Waals surface area contributed by atoms with Gasteiger partial charge in [-0.25, -0.2) is 0 Å². The Hall–Kier alpha value is -1.55. The predicted octanol–water partition coefficient (Wildman–Crippen LogP) is 2.33. The van der Waals surface area contributed by atoms with Gasteiger partial charge >= 0.3 is 0 Å². The minimum atomic E-state index is 0.0531. The molecule has 1 aliphatic carbocycles. The number of anilines is 2. The number of rotatable bonds is 6. The van der Waals surface area contributed by atoms with E-state index in [0.717, 1.165) is 12.2 Å². The summed E-state index contributed by atoms with van der Waals surface area (Å²) >= 11 is 0. The molecule has 0 atom stereocenters. The van der Waals surface area contributed by atoms with Crippen molar-refractivity contribution >= 4 is 17.3 Å². The van der Waals surface area contributed by atoms with Crippen molar-refractivity contribution in [2.45, 2.75) is 32.7 Å². The molecule has 19 heavy (non-hydrogen) atoms. The SMILES string of the molecule is CC(C)CN(CC(=O)Nc1ccc(N)cc1)C1CC1. The summed E-state index contributed by atoms with van der Waals surface area (Å²) in [7, 11) is 0. The normalized spacial score (nSPS) is 14.9. The van der Waals surface area contributed by atoms with E-state index in [-0.39, 0.29) is 5.91 Å². The van der Waals surface area contributed by atoms with Crippen molar-refractivity contribution in [1.82, 2.24) is 4.90 Å². The minimum Gasteiger partial charge on any atom is -0.399 e. The van der Waals surface area contributed by atoms with Crippen molar-refractivity contribution in [2.75, 3.05) is 24.1 Å². The molecule has 3 N–H and O–H groups in total. The van der Waals surface area contributed by atoms with Crippen molar-refractivity contribution in [1.29, 1.82) is 0 Å². The Morgan fingerprint density at radius 3 is 2.53 bits per heavy atom. The van der Waals surface area contributed by atoms with Crippen LogP contribution in [0, 0.1) is 5.92 Å². The summed E-state index contributed by atoms with van der Waals surface area (Å²) in [4.78, 5) is 14.3. The standard InChI is InChI=1S/C15H23N3O/c1-11(2)9-18(14-7-8-14)10-15(19)17-13-5-3-12(16)4-6-13/h3-6,11,14H,7-10,16H2,1-2H3,(H,17,19). The summed E-state index contributed by atoms with van der Waals surface area (Å²) in [5.74, 6) is 0.641. The van der Waals surface area contributed by atoms with Crippen LogP contribution < -0.4 is 11.1 Å². The van der Waals surface area contributed by atoms with E-state index in [1.807, 2.05) is 12.1 Å². The number of nitrogens with zero attached hydrogens (tertiary/aromatic N) is 1. The molecule has 0 saturated heterocycles. The zero-order valence-electron chi connectivity index (χ0n) is 11.7. The van der Waals surface area contributed by atoms with Crippen LogP contribution in [-0.4, -0.2) is 29.9 Å². The van der Waals surface area contributed by atoms with Crippen molar-refractivity contribution < 1.29 is 4.79 Å². The molecule has 2 rings (SSSR count). The van der Waals surface area contributed by atoms with E-state index in [9.17, 15) is 4.79 Å². The summed E-state index contributed by atoms with van der Waals surface area (Å²) in [5, 5.41) is 2.92. The van der Waals surface area contributed by atoms with Gasteiger partial charge in [0.1, 0.15) is 0 Å². The first kappa shape index (κ1) is 13.9. The van der Waals surface area contributed by atoms with Crippen molar-refractivity contribution in [3.05, 3.63) is 24.3 Å². The lowest BCUT2D eigenvalue weighted by Gasteiger charge is -2.23. The van der Waals surface area contributed by atoms with Crippen LogP contribution in [0.15, 0.2) is 24.3 Å². The van der Waals surface area contributed by atoms with Crippen LogP contribution in [0.5, 0.6) is 0 Å². The van der Waals surface area contributed by atoms with Gasteiger partial charge in [-0.1, -0.05) is 13.8 Å². The van der Waals surface area contributed by atoms with E-state index in [1.165, 1.54) is 12.8 Å². The molecule has 1 fully saturated rings. The molecule has 0 radical (unpaired) electrons. The van der Waals surface area contributed by atoms with Gasteiger partial charge in [0.15, 0.2) is 0 Å². The van der Waals surface area contributed by atoms with Gasteiger partial charge in [0.2, 0.25) is 5.91 Å². The van der Waals surface area contributed by atoms with Gasteiger partial charge < -0.3 is 11.1 Å². The van der Waals surface area contributed by atoms with Gasteiger partial charge in [-0.05, 0) is 43.0 Å². The lowest BCUT2D eigenvalue weighted by molar-refractivity contribution is -0.117. The van der Waals surface area contributed by atoms with Gasteiger partial charge in [-0.3, -0.25) is 9.69 Å². The summed E-state index contributed by atoms with van der Waals surface area (Å²) in [5.41, 5.74) is 7.13. The lowest BCUT2D eigenvalue weighted by atomic mass is 10.2. The summed E-state index contributed by atoms with van der Waals surface area (Å²) in [6, 6.07) is 7.86. The molecule has 1 aromatic carbocycles. The third-order valence-corrected chi connectivity index (χ3v) is 3.20. The number of benzene rings is 1. The Kier molecular flexibility index (Phi) is 4.43. The Balaban J connectivity index is 1.86. The maximum atomic E-state index is 12.0. The first-order valence-electron chi connectivity index (χ1n) is 6.94. The van der Waals surface area contributed by atoms with Crippen LogP contribution in [0.1, 0.15) is 26.7 Å². The maximum absolute atomic E-state index is 12.0. The van der Waals surface area contributed by atoms with Gasteiger partial charge in [-0.15, -0.1) is 0 Å². The number of amides is 1. The molecule has 1 amide bonds. The second-order valence-electron chi connectivity index (χ2n) is 5.72. The highest BCUT2D eigenvalue weighted by Crippen LogP contribution is 2.27. The molecule has 4 heteroatoms. The topological polar surface area (TPSA) is 58.4 Å². The number of hydrogen-bond acceptors (Lipinski definition) is 3. The fourth-order valence-corrected chi connectivity index (χ4v) is 2.20. The first-order valence-corrected chi connectivity index (χ1v) is 6.94. The lowest BCUT2D eigenvalue weighted by Crippen LogP contribution is -2.37. The van der Waals surface area contributed by atoms with Crippen LogP contribution in [0.2, 0.25) is 0 Å². The van der Waals surface area contributed by atoms with Crippen molar-refractivity contribution in [3.63, 3.8) is 0 Å². The van der Waals surface area contributed by atoms with E-state index in [1.54, 1.807) is 12.1 Å². The van der Waals surface area contributed by atoms with E-state index >= 15 is 0 Å². The molecule has 0 bridgehead atoms. The fraction of sp³-hybridized carbons (Fsp3) is 0.533. The molecular formula is C15H23N3O. The molecule has 1 aliphatic rings. The number of hydrogen-bond donors (Lipinski definition) is 2. The highest BCUT2D eigenvalue weighted by Gasteiger charge is 2.30. The molecular weight excluding hydrogens is 238 g/mol. The minimum absolute atomic E-state index is 0.0531. The number of carbonyl (C=O) groups excluding carboxylic acids is 1. The zero-order chi connectivity index (χ0) is 13.8. The van der Waals surface area contributed by atoms with Gasteiger partial charge in [-0.2, -0.15) is 0 Å². The second kappa shape index (κ2) is 6.06. The molecule has 0 unspecified atom stereocenters. The predicted molar refractivity (Wildman–Crippen MR) is 78.9 cm³/mol. The molecule has 0 spiro atoms. The Morgan fingerprint density at radius 1 is 1.37 bits per heavy atom. The molecule has 4 nitrogen and oxygen atoms in total. The Morgan fingerprint density at radius 2 is 2.00 bits per heavy atom. The largest absolute Gasteiger partial charge is 0.399 e. The summed E-state index contributed by atoms with van der Waals surface area (Å²) in [6.45, 7) is 5.84. The number of nitrogen functional groups attached to an aromatic ring is 1. The number of nitrogens with one attached hydrogen (secondary N) is 1. The van der Waals surface area contributed by atoms with Crippen LogP contribution in [-0.2, 0) is 4.79 Å². The molecule has 1 aromatic rings. The Bertz CT molecular complexity index is 424. The van der Waals surface area contributed by atoms with Crippen LogP contribution in [0.4, 0.5) is 11.4 Å². The van der Waals surface area contributed by atoms with E-state index < -0.39 is 0 Å². The highest BCUT2D eigenvalue weighted by atomic mass is 16.2. The summed E-state index contributed by atoms with van der Waals surface area (Å²) in [6.07, 6.45) is 2.45. The average molecular weight is 261 g/mol. The Labute approximate surface area is 115 Å². The van der Waals surface area contributed by atoms with Crippen molar-refractivity contribution in [3.8, 4) is 0 Å². The number of nitrogens with two attached hydrogens (primary N) is 1. The zero-order valence-corrected chi connectivity index (χ0v) is 11.7. The monoisotopic (exact) mass is 261 g/mol. The van der Waals surface area contributed by atoms with Gasteiger partial charge in [0.05, 0.1) is 6.54 Å².